The number of benzene rings is 2. The SMILES string of the molecule is CC(C)c1ccc(-c2noc(CN(C)CC(=O)Nc3ccccc3Br)n2)cc1. The predicted octanol–water partition coefficient (Wildman–Crippen LogP) is 4.69. The van der Waals surface area contributed by atoms with Crippen molar-refractivity contribution in [2.75, 3.05) is 18.9 Å². The van der Waals surface area contributed by atoms with Gasteiger partial charge in [0.05, 0.1) is 18.8 Å². The smallest absolute Gasteiger partial charge is 0.241 e. The second-order valence-electron chi connectivity index (χ2n) is 6.99. The lowest BCUT2D eigenvalue weighted by molar-refractivity contribution is -0.117. The highest BCUT2D eigenvalue weighted by molar-refractivity contribution is 9.10. The summed E-state index contributed by atoms with van der Waals surface area (Å²) in [7, 11) is 1.83. The molecule has 0 radical (unpaired) electrons. The Morgan fingerprint density at radius 3 is 2.57 bits per heavy atom. The Kier molecular flexibility index (Phi) is 6.59. The molecule has 6 nitrogen and oxygen atoms in total. The minimum atomic E-state index is -0.113. The molecule has 0 spiro atoms. The summed E-state index contributed by atoms with van der Waals surface area (Å²) in [6.07, 6.45) is 0. The molecule has 7 heteroatoms. The van der Waals surface area contributed by atoms with Crippen molar-refractivity contribution in [2.45, 2.75) is 26.3 Å². The van der Waals surface area contributed by atoms with Crippen LogP contribution in [0.25, 0.3) is 11.4 Å². The number of rotatable bonds is 7. The van der Waals surface area contributed by atoms with Gasteiger partial charge < -0.3 is 9.84 Å². The molecule has 0 saturated carbocycles. The molecule has 0 aliphatic rings. The standard InChI is InChI=1S/C21H23BrN4O2/c1-14(2)15-8-10-16(11-9-15)21-24-20(28-25-21)13-26(3)12-19(27)23-18-7-5-4-6-17(18)22/h4-11,14H,12-13H2,1-3H3,(H,23,27). The highest BCUT2D eigenvalue weighted by atomic mass is 79.9. The predicted molar refractivity (Wildman–Crippen MR) is 113 cm³/mol. The molecule has 0 unspecified atom stereocenters. The first-order chi connectivity index (χ1) is 13.4. The van der Waals surface area contributed by atoms with Crippen LogP contribution in [0.15, 0.2) is 57.5 Å². The molecule has 2 aromatic carbocycles. The lowest BCUT2D eigenvalue weighted by Gasteiger charge is -2.14. The van der Waals surface area contributed by atoms with Gasteiger partial charge in [-0.1, -0.05) is 55.4 Å². The summed E-state index contributed by atoms with van der Waals surface area (Å²) in [6, 6.07) is 15.6. The Labute approximate surface area is 173 Å². The van der Waals surface area contributed by atoms with Crippen LogP contribution in [0.3, 0.4) is 0 Å². The molecule has 0 aliphatic heterocycles. The van der Waals surface area contributed by atoms with Crippen LogP contribution in [0.2, 0.25) is 0 Å². The third-order valence-corrected chi connectivity index (χ3v) is 4.96. The normalized spacial score (nSPS) is 11.2. The van der Waals surface area contributed by atoms with E-state index >= 15 is 0 Å². The fourth-order valence-electron chi connectivity index (χ4n) is 2.74. The van der Waals surface area contributed by atoms with Crippen LogP contribution in [-0.4, -0.2) is 34.5 Å². The van der Waals surface area contributed by atoms with Gasteiger partial charge in [-0.15, -0.1) is 0 Å². The first-order valence-corrected chi connectivity index (χ1v) is 9.87. The molecule has 0 atom stereocenters. The van der Waals surface area contributed by atoms with Gasteiger partial charge in [0.25, 0.3) is 0 Å². The Morgan fingerprint density at radius 1 is 1.18 bits per heavy atom. The Hall–Kier alpha value is -2.51. The van der Waals surface area contributed by atoms with E-state index in [2.05, 4.69) is 57.4 Å². The van der Waals surface area contributed by atoms with Crippen LogP contribution in [0.5, 0.6) is 0 Å². The minimum Gasteiger partial charge on any atom is -0.338 e. The number of nitrogens with zero attached hydrogens (tertiary/aromatic N) is 3. The Balaban J connectivity index is 1.57. The number of anilines is 1. The van der Waals surface area contributed by atoms with Gasteiger partial charge in [-0.2, -0.15) is 4.98 Å². The van der Waals surface area contributed by atoms with Crippen molar-refractivity contribution in [2.24, 2.45) is 0 Å². The third-order valence-electron chi connectivity index (χ3n) is 4.27. The summed E-state index contributed by atoms with van der Waals surface area (Å²) in [5.41, 5.74) is 2.92. The van der Waals surface area contributed by atoms with Crippen molar-refractivity contribution in [3.05, 3.63) is 64.5 Å². The van der Waals surface area contributed by atoms with E-state index in [1.54, 1.807) is 0 Å². The number of carbonyl (C=O) groups excluding carboxylic acids is 1. The first kappa shape index (κ1) is 20.2. The number of hydrogen-bond acceptors (Lipinski definition) is 5. The van der Waals surface area contributed by atoms with Gasteiger partial charge >= 0.3 is 0 Å². The molecule has 0 aliphatic carbocycles. The fourth-order valence-corrected chi connectivity index (χ4v) is 3.12. The summed E-state index contributed by atoms with van der Waals surface area (Å²) in [6.45, 7) is 4.91. The van der Waals surface area contributed by atoms with Gasteiger partial charge in [0, 0.05) is 10.0 Å². The fraction of sp³-hybridized carbons (Fsp3) is 0.286. The number of halogens is 1. The van der Waals surface area contributed by atoms with Crippen molar-refractivity contribution in [3.8, 4) is 11.4 Å². The molecule has 0 fully saturated rings. The van der Waals surface area contributed by atoms with Gasteiger partial charge in [0.1, 0.15) is 0 Å². The molecule has 28 heavy (non-hydrogen) atoms. The number of aromatic nitrogens is 2. The van der Waals surface area contributed by atoms with Gasteiger partial charge in [0.15, 0.2) is 0 Å². The second-order valence-corrected chi connectivity index (χ2v) is 7.84. The average molecular weight is 443 g/mol. The first-order valence-electron chi connectivity index (χ1n) is 9.08. The van der Waals surface area contributed by atoms with E-state index < -0.39 is 0 Å². The van der Waals surface area contributed by atoms with Crippen molar-refractivity contribution >= 4 is 27.5 Å². The molecule has 146 valence electrons. The summed E-state index contributed by atoms with van der Waals surface area (Å²) in [4.78, 5) is 18.5. The number of carbonyl (C=O) groups is 1. The Bertz CT molecular complexity index is 938. The molecule has 1 aromatic heterocycles. The summed E-state index contributed by atoms with van der Waals surface area (Å²) in [5.74, 6) is 1.39. The Morgan fingerprint density at radius 2 is 1.89 bits per heavy atom. The number of para-hydroxylation sites is 1. The topological polar surface area (TPSA) is 71.3 Å². The van der Waals surface area contributed by atoms with Crippen LogP contribution in [-0.2, 0) is 11.3 Å². The zero-order valence-corrected chi connectivity index (χ0v) is 17.7. The van der Waals surface area contributed by atoms with Crippen LogP contribution < -0.4 is 5.32 Å². The number of likely N-dealkylation sites (N-methyl/N-ethyl adjacent to an activating group) is 1. The maximum Gasteiger partial charge on any atom is 0.241 e. The quantitative estimate of drug-likeness (QED) is 0.574. The average Bonchev–Trinajstić information content (AvgIpc) is 3.12. The van der Waals surface area contributed by atoms with E-state index in [-0.39, 0.29) is 12.5 Å². The largest absolute Gasteiger partial charge is 0.338 e. The molecule has 3 aromatic rings. The number of hydrogen-bond donors (Lipinski definition) is 1. The third kappa shape index (κ3) is 5.27. The van der Waals surface area contributed by atoms with Crippen LogP contribution in [0.4, 0.5) is 5.69 Å². The molecular formula is C21H23BrN4O2. The van der Waals surface area contributed by atoms with Gasteiger partial charge in [-0.25, -0.2) is 0 Å². The highest BCUT2D eigenvalue weighted by Crippen LogP contribution is 2.22. The lowest BCUT2D eigenvalue weighted by Crippen LogP contribution is -2.30. The van der Waals surface area contributed by atoms with E-state index in [0.29, 0.717) is 24.2 Å². The lowest BCUT2D eigenvalue weighted by atomic mass is 10.0. The summed E-state index contributed by atoms with van der Waals surface area (Å²) in [5, 5.41) is 6.93. The molecule has 0 bridgehead atoms. The van der Waals surface area contributed by atoms with Crippen LogP contribution in [0, 0.1) is 0 Å². The van der Waals surface area contributed by atoms with Gasteiger partial charge in [0.2, 0.25) is 17.6 Å². The minimum absolute atomic E-state index is 0.113. The van der Waals surface area contributed by atoms with E-state index in [1.165, 1.54) is 5.56 Å². The van der Waals surface area contributed by atoms with Crippen molar-refractivity contribution < 1.29 is 9.32 Å². The second kappa shape index (κ2) is 9.12. The highest BCUT2D eigenvalue weighted by Gasteiger charge is 2.14. The molecule has 0 saturated heterocycles. The molecule has 3 rings (SSSR count). The van der Waals surface area contributed by atoms with Crippen LogP contribution >= 0.6 is 15.9 Å². The van der Waals surface area contributed by atoms with Crippen molar-refractivity contribution in [3.63, 3.8) is 0 Å². The number of nitrogens with one attached hydrogen (secondary N) is 1. The van der Waals surface area contributed by atoms with Crippen LogP contribution in [0.1, 0.15) is 31.2 Å². The molecule has 1 N–H and O–H groups in total. The maximum absolute atomic E-state index is 12.2. The molecular weight excluding hydrogens is 420 g/mol. The summed E-state index contributed by atoms with van der Waals surface area (Å²) < 4.78 is 6.19. The summed E-state index contributed by atoms with van der Waals surface area (Å²) >= 11 is 3.42. The van der Waals surface area contributed by atoms with Gasteiger partial charge in [-0.05, 0) is 46.6 Å². The van der Waals surface area contributed by atoms with Gasteiger partial charge in [-0.3, -0.25) is 9.69 Å². The molecule has 1 amide bonds. The van der Waals surface area contributed by atoms with Crippen molar-refractivity contribution in [1.29, 1.82) is 0 Å². The maximum atomic E-state index is 12.2. The van der Waals surface area contributed by atoms with E-state index in [4.69, 9.17) is 4.52 Å². The zero-order valence-electron chi connectivity index (χ0n) is 16.1. The van der Waals surface area contributed by atoms with E-state index in [0.717, 1.165) is 15.7 Å². The van der Waals surface area contributed by atoms with Crippen molar-refractivity contribution in [1.82, 2.24) is 15.0 Å². The van der Waals surface area contributed by atoms with E-state index in [9.17, 15) is 4.79 Å². The monoisotopic (exact) mass is 442 g/mol. The molecule has 1 heterocycles. The zero-order chi connectivity index (χ0) is 20.1. The van der Waals surface area contributed by atoms with E-state index in [1.807, 2.05) is 48.3 Å². The number of amides is 1.